The number of aliphatic hydroxyl groups is 1. The summed E-state index contributed by atoms with van der Waals surface area (Å²) in [5.41, 5.74) is -0.00885. The van der Waals surface area contributed by atoms with Gasteiger partial charge in [0.1, 0.15) is 0 Å². The molecule has 2 unspecified atom stereocenters. The van der Waals surface area contributed by atoms with Crippen molar-refractivity contribution >= 4 is 0 Å². The van der Waals surface area contributed by atoms with E-state index < -0.39 is 0 Å². The second kappa shape index (κ2) is 7.46. The summed E-state index contributed by atoms with van der Waals surface area (Å²) in [6, 6.07) is 0.647. The predicted molar refractivity (Wildman–Crippen MR) is 77.8 cm³/mol. The maximum atomic E-state index is 9.72. The molecule has 0 aromatic heterocycles. The summed E-state index contributed by atoms with van der Waals surface area (Å²) in [5, 5.41) is 13.3. The van der Waals surface area contributed by atoms with Crippen LogP contribution in [-0.4, -0.2) is 47.8 Å². The molecule has 108 valence electrons. The first kappa shape index (κ1) is 15.9. The highest BCUT2D eigenvalue weighted by molar-refractivity contribution is 4.99. The highest BCUT2D eigenvalue weighted by Crippen LogP contribution is 2.33. The Morgan fingerprint density at radius 1 is 1.39 bits per heavy atom. The van der Waals surface area contributed by atoms with E-state index in [-0.39, 0.29) is 12.1 Å². The van der Waals surface area contributed by atoms with Crippen LogP contribution in [0.1, 0.15) is 53.4 Å². The molecule has 0 saturated heterocycles. The summed E-state index contributed by atoms with van der Waals surface area (Å²) in [6.45, 7) is 12.6. The number of nitrogens with zero attached hydrogens (tertiary/aromatic N) is 1. The monoisotopic (exact) mass is 256 g/mol. The molecule has 0 heterocycles. The lowest BCUT2D eigenvalue weighted by atomic mass is 9.98. The van der Waals surface area contributed by atoms with Crippen molar-refractivity contribution in [1.82, 2.24) is 10.2 Å². The van der Waals surface area contributed by atoms with Gasteiger partial charge in [0.25, 0.3) is 0 Å². The Labute approximate surface area is 113 Å². The van der Waals surface area contributed by atoms with E-state index in [9.17, 15) is 5.11 Å². The van der Waals surface area contributed by atoms with E-state index in [1.54, 1.807) is 0 Å². The summed E-state index contributed by atoms with van der Waals surface area (Å²) in [6.07, 6.45) is 4.57. The summed E-state index contributed by atoms with van der Waals surface area (Å²) in [5.74, 6) is 0.720. The number of hydrogen-bond donors (Lipinski definition) is 2. The Balaban J connectivity index is 2.55. The van der Waals surface area contributed by atoms with Crippen molar-refractivity contribution in [3.63, 3.8) is 0 Å². The van der Waals surface area contributed by atoms with Crippen LogP contribution in [0.25, 0.3) is 0 Å². The van der Waals surface area contributed by atoms with Gasteiger partial charge >= 0.3 is 0 Å². The fourth-order valence-corrected chi connectivity index (χ4v) is 3.17. The summed E-state index contributed by atoms with van der Waals surface area (Å²) < 4.78 is 0. The number of aliphatic hydroxyl groups excluding tert-OH is 1. The molecule has 0 aliphatic heterocycles. The quantitative estimate of drug-likeness (QED) is 0.699. The van der Waals surface area contributed by atoms with Crippen LogP contribution in [0, 0.1) is 5.92 Å². The minimum atomic E-state index is -0.00885. The SMILES string of the molecule is CCCNC1(CO)CCC(N(CC)CC(C)C)C1. The number of rotatable bonds is 8. The molecule has 0 aromatic carbocycles. The van der Waals surface area contributed by atoms with Crippen molar-refractivity contribution in [1.29, 1.82) is 0 Å². The van der Waals surface area contributed by atoms with Crippen LogP contribution in [0.2, 0.25) is 0 Å². The Morgan fingerprint density at radius 2 is 2.11 bits per heavy atom. The normalized spacial score (nSPS) is 28.5. The molecule has 0 bridgehead atoms. The van der Waals surface area contributed by atoms with E-state index >= 15 is 0 Å². The fourth-order valence-electron chi connectivity index (χ4n) is 3.17. The smallest absolute Gasteiger partial charge is 0.0613 e. The average molecular weight is 256 g/mol. The Hall–Kier alpha value is -0.120. The van der Waals surface area contributed by atoms with Crippen LogP contribution in [0.5, 0.6) is 0 Å². The van der Waals surface area contributed by atoms with Gasteiger partial charge in [0.2, 0.25) is 0 Å². The van der Waals surface area contributed by atoms with Gasteiger partial charge in [-0.05, 0) is 44.7 Å². The van der Waals surface area contributed by atoms with Gasteiger partial charge in [0.05, 0.1) is 6.61 Å². The average Bonchev–Trinajstić information content (AvgIpc) is 2.78. The molecule has 3 heteroatoms. The van der Waals surface area contributed by atoms with Crippen LogP contribution < -0.4 is 5.32 Å². The van der Waals surface area contributed by atoms with Crippen LogP contribution in [0.4, 0.5) is 0 Å². The zero-order valence-electron chi connectivity index (χ0n) is 12.7. The highest BCUT2D eigenvalue weighted by atomic mass is 16.3. The second-order valence-corrected chi connectivity index (χ2v) is 6.24. The molecule has 1 saturated carbocycles. The van der Waals surface area contributed by atoms with Gasteiger partial charge in [-0.15, -0.1) is 0 Å². The molecule has 0 aromatic rings. The largest absolute Gasteiger partial charge is 0.394 e. The fraction of sp³-hybridized carbons (Fsp3) is 1.00. The summed E-state index contributed by atoms with van der Waals surface area (Å²) >= 11 is 0. The van der Waals surface area contributed by atoms with E-state index in [2.05, 4.69) is 37.9 Å². The standard InChI is InChI=1S/C15H32N2O/c1-5-9-16-15(12-18)8-7-14(10-15)17(6-2)11-13(3)4/h13-14,16,18H,5-12H2,1-4H3. The highest BCUT2D eigenvalue weighted by Gasteiger charge is 2.39. The molecular weight excluding hydrogens is 224 g/mol. The van der Waals surface area contributed by atoms with E-state index in [0.29, 0.717) is 6.04 Å². The van der Waals surface area contributed by atoms with Gasteiger partial charge in [-0.1, -0.05) is 27.7 Å². The lowest BCUT2D eigenvalue weighted by Crippen LogP contribution is -2.48. The first-order valence-electron chi connectivity index (χ1n) is 7.66. The molecular formula is C15H32N2O. The topological polar surface area (TPSA) is 35.5 Å². The third-order valence-electron chi connectivity index (χ3n) is 4.16. The maximum absolute atomic E-state index is 9.72. The molecule has 18 heavy (non-hydrogen) atoms. The molecule has 0 amide bonds. The zero-order chi connectivity index (χ0) is 13.6. The Bertz CT molecular complexity index is 233. The third kappa shape index (κ3) is 4.22. The number of nitrogens with one attached hydrogen (secondary N) is 1. The van der Waals surface area contributed by atoms with Crippen molar-refractivity contribution in [2.75, 3.05) is 26.2 Å². The van der Waals surface area contributed by atoms with Crippen molar-refractivity contribution < 1.29 is 5.11 Å². The zero-order valence-corrected chi connectivity index (χ0v) is 12.7. The number of hydrogen-bond acceptors (Lipinski definition) is 3. The van der Waals surface area contributed by atoms with Crippen LogP contribution >= 0.6 is 0 Å². The van der Waals surface area contributed by atoms with Crippen molar-refractivity contribution in [2.45, 2.75) is 65.0 Å². The van der Waals surface area contributed by atoms with Gasteiger partial charge in [-0.2, -0.15) is 0 Å². The molecule has 2 atom stereocenters. The first-order chi connectivity index (χ1) is 8.56. The minimum Gasteiger partial charge on any atom is -0.394 e. The van der Waals surface area contributed by atoms with Gasteiger partial charge in [0, 0.05) is 18.1 Å². The summed E-state index contributed by atoms with van der Waals surface area (Å²) in [4.78, 5) is 2.59. The molecule has 1 aliphatic carbocycles. The van der Waals surface area contributed by atoms with Crippen molar-refractivity contribution in [3.05, 3.63) is 0 Å². The Kier molecular flexibility index (Phi) is 6.61. The first-order valence-corrected chi connectivity index (χ1v) is 7.66. The van der Waals surface area contributed by atoms with Gasteiger partial charge < -0.3 is 15.3 Å². The van der Waals surface area contributed by atoms with E-state index in [1.807, 2.05) is 0 Å². The van der Waals surface area contributed by atoms with Crippen LogP contribution in [0.15, 0.2) is 0 Å². The molecule has 1 aliphatic rings. The van der Waals surface area contributed by atoms with Gasteiger partial charge in [0.15, 0.2) is 0 Å². The third-order valence-corrected chi connectivity index (χ3v) is 4.16. The van der Waals surface area contributed by atoms with E-state index in [1.165, 1.54) is 13.0 Å². The van der Waals surface area contributed by atoms with E-state index in [0.717, 1.165) is 38.3 Å². The Morgan fingerprint density at radius 3 is 2.61 bits per heavy atom. The molecule has 1 fully saturated rings. The predicted octanol–water partition coefficient (Wildman–Crippen LogP) is 2.25. The molecule has 0 radical (unpaired) electrons. The maximum Gasteiger partial charge on any atom is 0.0613 e. The van der Waals surface area contributed by atoms with Crippen LogP contribution in [0.3, 0.4) is 0 Å². The van der Waals surface area contributed by atoms with Gasteiger partial charge in [-0.25, -0.2) is 0 Å². The van der Waals surface area contributed by atoms with Crippen molar-refractivity contribution in [2.24, 2.45) is 5.92 Å². The van der Waals surface area contributed by atoms with Crippen LogP contribution in [-0.2, 0) is 0 Å². The summed E-state index contributed by atoms with van der Waals surface area (Å²) in [7, 11) is 0. The van der Waals surface area contributed by atoms with E-state index in [4.69, 9.17) is 0 Å². The lowest BCUT2D eigenvalue weighted by molar-refractivity contribution is 0.139. The second-order valence-electron chi connectivity index (χ2n) is 6.24. The minimum absolute atomic E-state index is 0.00885. The lowest BCUT2D eigenvalue weighted by Gasteiger charge is -2.32. The molecule has 2 N–H and O–H groups in total. The van der Waals surface area contributed by atoms with Gasteiger partial charge in [-0.3, -0.25) is 0 Å². The molecule has 3 nitrogen and oxygen atoms in total. The molecule has 0 spiro atoms. The molecule has 1 rings (SSSR count). The van der Waals surface area contributed by atoms with Crippen molar-refractivity contribution in [3.8, 4) is 0 Å².